The highest BCUT2D eigenvalue weighted by Crippen LogP contribution is 2.26. The highest BCUT2D eigenvalue weighted by Gasteiger charge is 2.22. The maximum atomic E-state index is 13.4. The third-order valence-corrected chi connectivity index (χ3v) is 3.60. The second-order valence-electron chi connectivity index (χ2n) is 4.50. The van der Waals surface area contributed by atoms with Crippen molar-refractivity contribution >= 4 is 21.7 Å². The normalized spacial score (nSPS) is 10.5. The Morgan fingerprint density at radius 1 is 1.38 bits per heavy atom. The van der Waals surface area contributed by atoms with Crippen LogP contribution < -0.4 is 11.1 Å². The maximum absolute atomic E-state index is 13.4. The first kappa shape index (κ1) is 15.9. The minimum Gasteiger partial charge on any atom is -0.364 e. The van der Waals surface area contributed by atoms with Gasteiger partial charge in [-0.15, -0.1) is 0 Å². The summed E-state index contributed by atoms with van der Waals surface area (Å²) in [6.07, 6.45) is 0.239. The second-order valence-corrected chi connectivity index (χ2v) is 5.36. The molecular weight excluding hydrogens is 387 g/mol. The van der Waals surface area contributed by atoms with Gasteiger partial charge < -0.3 is 5.32 Å². The molecule has 0 atom stereocenters. The third kappa shape index (κ3) is 2.91. The van der Waals surface area contributed by atoms with E-state index in [9.17, 15) is 9.18 Å². The molecule has 3 aromatic rings. The van der Waals surface area contributed by atoms with Gasteiger partial charge in [-0.2, -0.15) is 5.26 Å². The highest BCUT2D eigenvalue weighted by molar-refractivity contribution is 9.10. The van der Waals surface area contributed by atoms with Gasteiger partial charge in [0.05, 0.1) is 22.7 Å². The van der Waals surface area contributed by atoms with Gasteiger partial charge in [-0.3, -0.25) is 4.52 Å². The number of nitriles is 1. The number of nitrogens with zero attached hydrogens (tertiary/aromatic N) is 5. The summed E-state index contributed by atoms with van der Waals surface area (Å²) in [7, 11) is 0. The molecule has 0 aliphatic carbocycles. The molecule has 1 N–H and O–H groups in total. The van der Waals surface area contributed by atoms with Gasteiger partial charge in [0.25, 0.3) is 0 Å². The van der Waals surface area contributed by atoms with E-state index in [1.165, 1.54) is 18.2 Å². The fourth-order valence-corrected chi connectivity index (χ4v) is 2.31. The molecule has 3 rings (SSSR count). The third-order valence-electron chi connectivity index (χ3n) is 3.00. The molecule has 0 saturated carbocycles. The molecule has 24 heavy (non-hydrogen) atoms. The standard InChI is InChI=1S/C13H8BrFN6O3/c14-8-6-7(2-3-9(8)15)21-12(20-23-13(21)22)10-11(19-24-18-10)17-5-1-4-16/h2-3,6H,1,5H2,(H,17,19). The summed E-state index contributed by atoms with van der Waals surface area (Å²) in [5, 5.41) is 22.5. The number of anilines is 1. The highest BCUT2D eigenvalue weighted by atomic mass is 79.9. The average Bonchev–Trinajstić information content (AvgIpc) is 3.17. The number of hydrogen-bond donors (Lipinski definition) is 1. The van der Waals surface area contributed by atoms with Crippen LogP contribution in [0.2, 0.25) is 0 Å². The average molecular weight is 395 g/mol. The van der Waals surface area contributed by atoms with Crippen LogP contribution in [0.5, 0.6) is 0 Å². The molecular formula is C13H8BrFN6O3. The van der Waals surface area contributed by atoms with Gasteiger partial charge >= 0.3 is 5.76 Å². The molecule has 0 spiro atoms. The molecule has 0 bridgehead atoms. The first-order chi connectivity index (χ1) is 11.6. The molecule has 0 aliphatic rings. The van der Waals surface area contributed by atoms with Gasteiger partial charge in [0.1, 0.15) is 5.82 Å². The predicted molar refractivity (Wildman–Crippen MR) is 81.8 cm³/mol. The van der Waals surface area contributed by atoms with Gasteiger partial charge in [-0.25, -0.2) is 18.4 Å². The Balaban J connectivity index is 2.05. The summed E-state index contributed by atoms with van der Waals surface area (Å²) in [6.45, 7) is 0.307. The summed E-state index contributed by atoms with van der Waals surface area (Å²) < 4.78 is 24.0. The Kier molecular flexibility index (Phi) is 4.39. The number of nitrogens with one attached hydrogen (secondary N) is 1. The number of aromatic nitrogens is 4. The second kappa shape index (κ2) is 6.63. The summed E-state index contributed by atoms with van der Waals surface area (Å²) in [4.78, 5) is 12.0. The molecule has 0 amide bonds. The SMILES string of the molecule is N#CCCNc1nonc1-c1noc(=O)n1-c1ccc(F)c(Br)c1. The quantitative estimate of drug-likeness (QED) is 0.652. The lowest BCUT2D eigenvalue weighted by atomic mass is 10.3. The van der Waals surface area contributed by atoms with E-state index in [2.05, 4.69) is 45.9 Å². The van der Waals surface area contributed by atoms with Crippen molar-refractivity contribution in [2.24, 2.45) is 0 Å². The molecule has 1 aromatic carbocycles. The van der Waals surface area contributed by atoms with Crippen LogP contribution in [0.15, 0.2) is 36.6 Å². The zero-order valence-corrected chi connectivity index (χ0v) is 13.4. The van der Waals surface area contributed by atoms with Crippen molar-refractivity contribution in [1.29, 1.82) is 5.26 Å². The summed E-state index contributed by atoms with van der Waals surface area (Å²) in [5.74, 6) is -1.03. The monoisotopic (exact) mass is 394 g/mol. The van der Waals surface area contributed by atoms with E-state index in [0.717, 1.165) is 4.57 Å². The molecule has 0 saturated heterocycles. The molecule has 0 unspecified atom stereocenters. The zero-order chi connectivity index (χ0) is 17.1. The largest absolute Gasteiger partial charge is 0.446 e. The van der Waals surface area contributed by atoms with Crippen molar-refractivity contribution in [1.82, 2.24) is 20.0 Å². The lowest BCUT2D eigenvalue weighted by Gasteiger charge is -2.05. The van der Waals surface area contributed by atoms with Gasteiger partial charge in [0.2, 0.25) is 11.6 Å². The summed E-state index contributed by atoms with van der Waals surface area (Å²) in [5.41, 5.74) is 0.440. The molecule has 2 heterocycles. The van der Waals surface area contributed by atoms with E-state index in [0.29, 0.717) is 12.2 Å². The van der Waals surface area contributed by atoms with E-state index in [1.54, 1.807) is 0 Å². The molecule has 2 aromatic heterocycles. The predicted octanol–water partition coefficient (Wildman–Crippen LogP) is 2.10. The van der Waals surface area contributed by atoms with Crippen LogP contribution in [0.4, 0.5) is 10.2 Å². The minimum atomic E-state index is -0.783. The molecule has 0 aliphatic heterocycles. The van der Waals surface area contributed by atoms with Crippen LogP contribution in [-0.4, -0.2) is 26.6 Å². The van der Waals surface area contributed by atoms with Crippen LogP contribution in [0.25, 0.3) is 17.2 Å². The lowest BCUT2D eigenvalue weighted by molar-refractivity contribution is 0.309. The first-order valence-corrected chi connectivity index (χ1v) is 7.39. The van der Waals surface area contributed by atoms with Crippen LogP contribution >= 0.6 is 15.9 Å². The Morgan fingerprint density at radius 3 is 2.96 bits per heavy atom. The Hall–Kier alpha value is -3.00. The maximum Gasteiger partial charge on any atom is 0.446 e. The van der Waals surface area contributed by atoms with E-state index in [1.807, 2.05) is 6.07 Å². The molecule has 122 valence electrons. The Bertz CT molecular complexity index is 973. The van der Waals surface area contributed by atoms with Crippen molar-refractivity contribution in [3.8, 4) is 23.3 Å². The molecule has 11 heteroatoms. The van der Waals surface area contributed by atoms with Crippen LogP contribution in [0.3, 0.4) is 0 Å². The molecule has 9 nitrogen and oxygen atoms in total. The van der Waals surface area contributed by atoms with E-state index in [4.69, 9.17) is 5.26 Å². The van der Waals surface area contributed by atoms with Crippen molar-refractivity contribution < 1.29 is 13.5 Å². The van der Waals surface area contributed by atoms with Crippen molar-refractivity contribution in [2.45, 2.75) is 6.42 Å². The van der Waals surface area contributed by atoms with Crippen LogP contribution in [0.1, 0.15) is 6.42 Å². The van der Waals surface area contributed by atoms with Gasteiger partial charge in [0.15, 0.2) is 5.69 Å². The number of hydrogen-bond acceptors (Lipinski definition) is 8. The summed E-state index contributed by atoms with van der Waals surface area (Å²) >= 11 is 3.06. The van der Waals surface area contributed by atoms with Gasteiger partial charge in [0, 0.05) is 6.54 Å². The van der Waals surface area contributed by atoms with Crippen molar-refractivity contribution in [3.63, 3.8) is 0 Å². The number of benzene rings is 1. The fourth-order valence-electron chi connectivity index (χ4n) is 1.94. The van der Waals surface area contributed by atoms with Gasteiger partial charge in [-0.05, 0) is 44.4 Å². The van der Waals surface area contributed by atoms with E-state index in [-0.39, 0.29) is 28.2 Å². The molecule has 0 radical (unpaired) electrons. The van der Waals surface area contributed by atoms with E-state index >= 15 is 0 Å². The topological polar surface area (TPSA) is 123 Å². The fraction of sp³-hybridized carbons (Fsp3) is 0.154. The Labute approximate surface area is 141 Å². The number of halogens is 2. The number of rotatable bonds is 5. The Morgan fingerprint density at radius 2 is 2.21 bits per heavy atom. The van der Waals surface area contributed by atoms with Gasteiger partial charge in [-0.1, -0.05) is 5.16 Å². The van der Waals surface area contributed by atoms with E-state index < -0.39 is 11.6 Å². The van der Waals surface area contributed by atoms with Crippen LogP contribution in [0, 0.1) is 17.1 Å². The smallest absolute Gasteiger partial charge is 0.364 e. The lowest BCUT2D eigenvalue weighted by Crippen LogP contribution is -2.14. The van der Waals surface area contributed by atoms with Crippen molar-refractivity contribution in [2.75, 3.05) is 11.9 Å². The van der Waals surface area contributed by atoms with Crippen molar-refractivity contribution in [3.05, 3.63) is 39.0 Å². The van der Waals surface area contributed by atoms with Crippen LogP contribution in [-0.2, 0) is 0 Å². The molecule has 0 fully saturated rings. The first-order valence-electron chi connectivity index (χ1n) is 6.59. The summed E-state index contributed by atoms with van der Waals surface area (Å²) in [6, 6.07) is 5.95. The minimum absolute atomic E-state index is 0.0271. The zero-order valence-electron chi connectivity index (χ0n) is 11.9.